The number of benzene rings is 2. The zero-order chi connectivity index (χ0) is 20.2. The van der Waals surface area contributed by atoms with Crippen molar-refractivity contribution in [2.24, 2.45) is 0 Å². The second-order valence-electron chi connectivity index (χ2n) is 7.02. The largest absolute Gasteiger partial charge is 0.464 e. The molecular weight excluding hydrogens is 384 g/mol. The highest BCUT2D eigenvalue weighted by molar-refractivity contribution is 8.00. The van der Waals surface area contributed by atoms with Gasteiger partial charge in [-0.15, -0.1) is 11.8 Å². The minimum absolute atomic E-state index is 0.0631. The standard InChI is InChI=1S/C23H22N2O3S/c1-16-7-9-19(10-8-16)24-22(26)21-15-25(11-13-29-21)23(27)18-5-2-4-17(14-18)20-6-3-12-28-20/h2-10,12,14,21H,11,13,15H2,1H3,(H,24,26). The fraction of sp³-hybridized carbons (Fsp3) is 0.217. The van der Waals surface area contributed by atoms with Crippen molar-refractivity contribution in [3.8, 4) is 11.3 Å². The Morgan fingerprint density at radius 1 is 1.10 bits per heavy atom. The second kappa shape index (κ2) is 8.57. The lowest BCUT2D eigenvalue weighted by Gasteiger charge is -2.31. The molecule has 6 heteroatoms. The molecule has 29 heavy (non-hydrogen) atoms. The molecule has 0 spiro atoms. The molecule has 4 rings (SSSR count). The van der Waals surface area contributed by atoms with Gasteiger partial charge in [-0.1, -0.05) is 29.8 Å². The molecular formula is C23H22N2O3S. The highest BCUT2D eigenvalue weighted by Crippen LogP contribution is 2.25. The van der Waals surface area contributed by atoms with Crippen molar-refractivity contribution < 1.29 is 14.0 Å². The van der Waals surface area contributed by atoms with Crippen molar-refractivity contribution in [1.29, 1.82) is 0 Å². The van der Waals surface area contributed by atoms with Crippen molar-refractivity contribution in [3.05, 3.63) is 78.1 Å². The van der Waals surface area contributed by atoms with Crippen LogP contribution in [0.15, 0.2) is 71.3 Å². The van der Waals surface area contributed by atoms with E-state index in [4.69, 9.17) is 4.42 Å². The van der Waals surface area contributed by atoms with Crippen LogP contribution in [0, 0.1) is 6.92 Å². The number of aryl methyl sites for hydroxylation is 1. The Morgan fingerprint density at radius 3 is 2.69 bits per heavy atom. The summed E-state index contributed by atoms with van der Waals surface area (Å²) < 4.78 is 5.43. The van der Waals surface area contributed by atoms with Crippen LogP contribution in [-0.2, 0) is 4.79 Å². The zero-order valence-electron chi connectivity index (χ0n) is 16.1. The van der Waals surface area contributed by atoms with Crippen molar-refractivity contribution in [3.63, 3.8) is 0 Å². The Hall–Kier alpha value is -2.99. The third-order valence-corrected chi connectivity index (χ3v) is 6.06. The van der Waals surface area contributed by atoms with Gasteiger partial charge in [-0.3, -0.25) is 9.59 Å². The molecule has 2 amide bonds. The second-order valence-corrected chi connectivity index (χ2v) is 8.33. The summed E-state index contributed by atoms with van der Waals surface area (Å²) in [5.41, 5.74) is 3.38. The number of carbonyl (C=O) groups is 2. The van der Waals surface area contributed by atoms with E-state index in [2.05, 4.69) is 5.32 Å². The molecule has 1 aromatic heterocycles. The van der Waals surface area contributed by atoms with Gasteiger partial charge in [-0.2, -0.15) is 0 Å². The van der Waals surface area contributed by atoms with E-state index in [1.807, 2.05) is 61.5 Å². The molecule has 2 aromatic carbocycles. The smallest absolute Gasteiger partial charge is 0.253 e. The van der Waals surface area contributed by atoms with Crippen LogP contribution in [0.5, 0.6) is 0 Å². The fourth-order valence-corrected chi connectivity index (χ4v) is 4.39. The molecule has 1 unspecified atom stereocenters. The highest BCUT2D eigenvalue weighted by atomic mass is 32.2. The Kier molecular flexibility index (Phi) is 5.71. The number of hydrogen-bond donors (Lipinski definition) is 1. The summed E-state index contributed by atoms with van der Waals surface area (Å²) >= 11 is 1.59. The average molecular weight is 407 g/mol. The normalized spacial score (nSPS) is 16.4. The van der Waals surface area contributed by atoms with Crippen LogP contribution in [-0.4, -0.2) is 40.8 Å². The molecule has 5 nitrogen and oxygen atoms in total. The summed E-state index contributed by atoms with van der Waals surface area (Å²) in [4.78, 5) is 27.5. The van der Waals surface area contributed by atoms with Crippen molar-refractivity contribution in [1.82, 2.24) is 4.90 Å². The van der Waals surface area contributed by atoms with Crippen LogP contribution in [0.2, 0.25) is 0 Å². The summed E-state index contributed by atoms with van der Waals surface area (Å²) in [5.74, 6) is 1.33. The SMILES string of the molecule is Cc1ccc(NC(=O)C2CN(C(=O)c3cccc(-c4ccco4)c3)CCS2)cc1. The lowest BCUT2D eigenvalue weighted by Crippen LogP contribution is -2.46. The van der Waals surface area contributed by atoms with E-state index in [9.17, 15) is 9.59 Å². The van der Waals surface area contributed by atoms with Gasteiger partial charge in [0.1, 0.15) is 11.0 Å². The number of nitrogens with zero attached hydrogens (tertiary/aromatic N) is 1. The number of nitrogens with one attached hydrogen (secondary N) is 1. The van der Waals surface area contributed by atoms with Crippen LogP contribution in [0.4, 0.5) is 5.69 Å². The summed E-state index contributed by atoms with van der Waals surface area (Å²) in [6.07, 6.45) is 1.61. The maximum atomic E-state index is 13.0. The van der Waals surface area contributed by atoms with Gasteiger partial charge in [0, 0.05) is 35.7 Å². The van der Waals surface area contributed by atoms with Gasteiger partial charge in [0.2, 0.25) is 5.91 Å². The van der Waals surface area contributed by atoms with Gasteiger partial charge in [0.25, 0.3) is 5.91 Å². The van der Waals surface area contributed by atoms with Gasteiger partial charge in [-0.05, 0) is 43.3 Å². The lowest BCUT2D eigenvalue weighted by molar-refractivity contribution is -0.116. The van der Waals surface area contributed by atoms with Crippen LogP contribution in [0.25, 0.3) is 11.3 Å². The third kappa shape index (κ3) is 4.54. The minimum atomic E-state index is -0.290. The molecule has 1 atom stereocenters. The number of anilines is 1. The highest BCUT2D eigenvalue weighted by Gasteiger charge is 2.29. The predicted octanol–water partition coefficient (Wildman–Crippen LogP) is 4.45. The molecule has 0 bridgehead atoms. The summed E-state index contributed by atoms with van der Waals surface area (Å²) in [6, 6.07) is 18.8. The van der Waals surface area contributed by atoms with Crippen molar-refractivity contribution in [2.75, 3.05) is 24.2 Å². The molecule has 1 N–H and O–H groups in total. The minimum Gasteiger partial charge on any atom is -0.464 e. The molecule has 1 fully saturated rings. The number of rotatable bonds is 4. The van der Waals surface area contributed by atoms with Gasteiger partial charge in [0.05, 0.1) is 6.26 Å². The van der Waals surface area contributed by atoms with E-state index in [1.54, 1.807) is 29.0 Å². The quantitative estimate of drug-likeness (QED) is 0.695. The van der Waals surface area contributed by atoms with Crippen LogP contribution in [0.1, 0.15) is 15.9 Å². The Morgan fingerprint density at radius 2 is 1.93 bits per heavy atom. The van der Waals surface area contributed by atoms with Crippen molar-refractivity contribution >= 4 is 29.3 Å². The fourth-order valence-electron chi connectivity index (χ4n) is 3.28. The molecule has 0 radical (unpaired) electrons. The third-order valence-electron chi connectivity index (χ3n) is 4.88. The number of carbonyl (C=O) groups excluding carboxylic acids is 2. The molecule has 2 heterocycles. The van der Waals surface area contributed by atoms with E-state index in [0.717, 1.165) is 28.3 Å². The Balaban J connectivity index is 1.44. The summed E-state index contributed by atoms with van der Waals surface area (Å²) in [7, 11) is 0. The molecule has 148 valence electrons. The van der Waals surface area contributed by atoms with Gasteiger partial charge < -0.3 is 14.6 Å². The topological polar surface area (TPSA) is 62.6 Å². The number of amides is 2. The van der Waals surface area contributed by atoms with Gasteiger partial charge in [0.15, 0.2) is 0 Å². The monoisotopic (exact) mass is 406 g/mol. The lowest BCUT2D eigenvalue weighted by atomic mass is 10.1. The summed E-state index contributed by atoms with van der Waals surface area (Å²) in [5, 5.41) is 2.67. The van der Waals surface area contributed by atoms with Gasteiger partial charge >= 0.3 is 0 Å². The molecule has 0 saturated carbocycles. The number of thioether (sulfide) groups is 1. The first-order valence-electron chi connectivity index (χ1n) is 9.52. The Labute approximate surface area is 174 Å². The number of furan rings is 1. The van der Waals surface area contributed by atoms with Crippen molar-refractivity contribution in [2.45, 2.75) is 12.2 Å². The molecule has 1 aliphatic heterocycles. The molecule has 1 saturated heterocycles. The van der Waals surface area contributed by atoms with Gasteiger partial charge in [-0.25, -0.2) is 0 Å². The van der Waals surface area contributed by atoms with Crippen LogP contribution < -0.4 is 5.32 Å². The molecule has 0 aliphatic carbocycles. The first kappa shape index (κ1) is 19.3. The van der Waals surface area contributed by atoms with E-state index in [0.29, 0.717) is 18.7 Å². The number of hydrogen-bond acceptors (Lipinski definition) is 4. The van der Waals surface area contributed by atoms with E-state index < -0.39 is 0 Å². The van der Waals surface area contributed by atoms with Crippen LogP contribution in [0.3, 0.4) is 0 Å². The maximum absolute atomic E-state index is 13.0. The Bertz CT molecular complexity index is 999. The van der Waals surface area contributed by atoms with E-state index in [1.165, 1.54) is 0 Å². The first-order chi connectivity index (χ1) is 14.1. The van der Waals surface area contributed by atoms with Crippen LogP contribution >= 0.6 is 11.8 Å². The molecule has 3 aromatic rings. The molecule has 1 aliphatic rings. The van der Waals surface area contributed by atoms with E-state index in [-0.39, 0.29) is 17.1 Å². The average Bonchev–Trinajstić information content (AvgIpc) is 3.30. The first-order valence-corrected chi connectivity index (χ1v) is 10.6. The predicted molar refractivity (Wildman–Crippen MR) is 116 cm³/mol. The van der Waals surface area contributed by atoms with E-state index >= 15 is 0 Å². The summed E-state index contributed by atoms with van der Waals surface area (Å²) in [6.45, 7) is 3.03. The maximum Gasteiger partial charge on any atom is 0.253 e. The zero-order valence-corrected chi connectivity index (χ0v) is 16.9.